The molecule has 1 atom stereocenters. The minimum absolute atomic E-state index is 0.0174. The van der Waals surface area contributed by atoms with Crippen molar-refractivity contribution >= 4 is 43.1 Å². The van der Waals surface area contributed by atoms with Gasteiger partial charge in [-0.25, -0.2) is 21.8 Å². The molecule has 0 aliphatic rings. The molecule has 0 unspecified atom stereocenters. The van der Waals surface area contributed by atoms with Crippen molar-refractivity contribution in [2.45, 2.75) is 17.9 Å². The molecule has 2 N–H and O–H groups in total. The Kier molecular flexibility index (Phi) is 6.80. The van der Waals surface area contributed by atoms with E-state index >= 15 is 0 Å². The third kappa shape index (κ3) is 5.62. The first-order chi connectivity index (χ1) is 15.1. The van der Waals surface area contributed by atoms with E-state index in [0.29, 0.717) is 11.4 Å². The monoisotopic (exact) mass is 474 g/mol. The van der Waals surface area contributed by atoms with Gasteiger partial charge in [-0.05, 0) is 55.5 Å². The summed E-state index contributed by atoms with van der Waals surface area (Å²) in [7, 11) is -7.59. The highest BCUT2D eigenvalue weighted by Crippen LogP contribution is 2.22. The summed E-state index contributed by atoms with van der Waals surface area (Å²) in [6.45, 7) is 1.47. The first-order valence-electron chi connectivity index (χ1n) is 9.47. The average Bonchev–Trinajstić information content (AvgIpc) is 2.74. The second-order valence-corrected chi connectivity index (χ2v) is 10.4. The number of anilines is 3. The predicted molar refractivity (Wildman–Crippen MR) is 123 cm³/mol. The molecule has 1 amide bonds. The van der Waals surface area contributed by atoms with E-state index < -0.39 is 32.0 Å². The van der Waals surface area contributed by atoms with Gasteiger partial charge in [-0.2, -0.15) is 0 Å². The number of sulfonamides is 2. The van der Waals surface area contributed by atoms with Gasteiger partial charge in [0.1, 0.15) is 11.9 Å². The molecule has 2 aromatic carbocycles. The minimum atomic E-state index is -3.86. The lowest BCUT2D eigenvalue weighted by Crippen LogP contribution is -2.45. The van der Waals surface area contributed by atoms with Gasteiger partial charge < -0.3 is 5.32 Å². The van der Waals surface area contributed by atoms with Crippen LogP contribution in [0.15, 0.2) is 83.9 Å². The SMILES string of the molecule is C[C@H](C(=O)Nc1ccc(S(=O)(=O)Nc2ccccn2)cc1)N(c1ccccc1)S(C)(=O)=O. The summed E-state index contributed by atoms with van der Waals surface area (Å²) in [4.78, 5) is 16.6. The number of aromatic nitrogens is 1. The molecule has 0 aliphatic carbocycles. The number of nitrogens with one attached hydrogen (secondary N) is 2. The third-order valence-corrected chi connectivity index (χ3v) is 7.05. The summed E-state index contributed by atoms with van der Waals surface area (Å²) < 4.78 is 53.0. The van der Waals surface area contributed by atoms with E-state index in [2.05, 4.69) is 15.0 Å². The Morgan fingerprint density at radius 1 is 0.906 bits per heavy atom. The zero-order valence-corrected chi connectivity index (χ0v) is 19.0. The first-order valence-corrected chi connectivity index (χ1v) is 12.8. The van der Waals surface area contributed by atoms with E-state index in [1.54, 1.807) is 42.5 Å². The fourth-order valence-corrected chi connectivity index (χ4v) is 5.15. The molecule has 0 bridgehead atoms. The van der Waals surface area contributed by atoms with Crippen LogP contribution in [0, 0.1) is 0 Å². The highest BCUT2D eigenvalue weighted by Gasteiger charge is 2.29. The molecular weight excluding hydrogens is 452 g/mol. The number of hydrogen-bond acceptors (Lipinski definition) is 6. The number of carbonyl (C=O) groups excluding carboxylic acids is 1. The number of pyridine rings is 1. The molecule has 3 aromatic rings. The maximum absolute atomic E-state index is 12.7. The number of rotatable bonds is 8. The summed E-state index contributed by atoms with van der Waals surface area (Å²) in [6, 6.07) is 17.6. The first kappa shape index (κ1) is 23.2. The number of amides is 1. The van der Waals surface area contributed by atoms with Crippen molar-refractivity contribution in [3.8, 4) is 0 Å². The molecule has 0 saturated heterocycles. The summed E-state index contributed by atoms with van der Waals surface area (Å²) in [5.41, 5.74) is 0.680. The summed E-state index contributed by atoms with van der Waals surface area (Å²) in [6.07, 6.45) is 2.49. The summed E-state index contributed by atoms with van der Waals surface area (Å²) in [5.74, 6) is -0.387. The molecule has 3 rings (SSSR count). The van der Waals surface area contributed by atoms with Crippen LogP contribution in [-0.4, -0.2) is 40.0 Å². The Morgan fingerprint density at radius 2 is 1.53 bits per heavy atom. The molecule has 168 valence electrons. The third-order valence-electron chi connectivity index (χ3n) is 4.44. The van der Waals surface area contributed by atoms with E-state index in [1.807, 2.05) is 0 Å². The number of nitrogens with zero attached hydrogens (tertiary/aromatic N) is 2. The lowest BCUT2D eigenvalue weighted by atomic mass is 10.2. The Labute approximate surface area is 187 Å². The number of benzene rings is 2. The van der Waals surface area contributed by atoms with Gasteiger partial charge in [-0.3, -0.25) is 13.8 Å². The zero-order chi connectivity index (χ0) is 23.4. The van der Waals surface area contributed by atoms with Gasteiger partial charge in [0.2, 0.25) is 15.9 Å². The van der Waals surface area contributed by atoms with Gasteiger partial charge in [0.15, 0.2) is 0 Å². The molecule has 0 aliphatic heterocycles. The van der Waals surface area contributed by atoms with Crippen LogP contribution in [0.1, 0.15) is 6.92 Å². The Balaban J connectivity index is 1.75. The smallest absolute Gasteiger partial charge is 0.263 e. The van der Waals surface area contributed by atoms with Crippen molar-refractivity contribution in [2.75, 3.05) is 20.6 Å². The van der Waals surface area contributed by atoms with E-state index in [1.165, 1.54) is 43.5 Å². The standard InChI is InChI=1S/C21H22N4O5S2/c1-16(25(31(2,27)28)18-8-4-3-5-9-18)21(26)23-17-11-13-19(14-12-17)32(29,30)24-20-10-6-7-15-22-20/h3-16H,1-2H3,(H,22,24)(H,23,26)/t16-/m1/s1. The van der Waals surface area contributed by atoms with Crippen LogP contribution in [0.5, 0.6) is 0 Å². The van der Waals surface area contributed by atoms with Gasteiger partial charge >= 0.3 is 0 Å². The molecule has 11 heteroatoms. The van der Waals surface area contributed by atoms with Gasteiger partial charge in [-0.1, -0.05) is 24.3 Å². The van der Waals surface area contributed by atoms with Crippen LogP contribution in [0.3, 0.4) is 0 Å². The lowest BCUT2D eigenvalue weighted by Gasteiger charge is -2.28. The highest BCUT2D eigenvalue weighted by molar-refractivity contribution is 7.92. The molecule has 1 heterocycles. The molecule has 0 spiro atoms. The number of para-hydroxylation sites is 1. The maximum Gasteiger partial charge on any atom is 0.263 e. The maximum atomic E-state index is 12.7. The molecule has 0 radical (unpaired) electrons. The van der Waals surface area contributed by atoms with E-state index in [-0.39, 0.29) is 10.7 Å². The number of hydrogen-bond donors (Lipinski definition) is 2. The van der Waals surface area contributed by atoms with Crippen LogP contribution in [0.2, 0.25) is 0 Å². The van der Waals surface area contributed by atoms with Crippen LogP contribution in [0.4, 0.5) is 17.2 Å². The fraction of sp³-hybridized carbons (Fsp3) is 0.143. The normalized spacial score (nSPS) is 12.6. The zero-order valence-electron chi connectivity index (χ0n) is 17.3. The predicted octanol–water partition coefficient (Wildman–Crippen LogP) is 2.68. The van der Waals surface area contributed by atoms with Crippen molar-refractivity contribution in [1.82, 2.24) is 4.98 Å². The molecular formula is C21H22N4O5S2. The van der Waals surface area contributed by atoms with Gasteiger partial charge in [0.05, 0.1) is 16.8 Å². The second-order valence-electron chi connectivity index (χ2n) is 6.90. The minimum Gasteiger partial charge on any atom is -0.324 e. The van der Waals surface area contributed by atoms with Crippen LogP contribution >= 0.6 is 0 Å². The largest absolute Gasteiger partial charge is 0.324 e. The molecule has 0 saturated carbocycles. The quantitative estimate of drug-likeness (QED) is 0.517. The second kappa shape index (κ2) is 9.37. The van der Waals surface area contributed by atoms with E-state index in [9.17, 15) is 21.6 Å². The van der Waals surface area contributed by atoms with E-state index in [0.717, 1.165) is 10.6 Å². The molecule has 32 heavy (non-hydrogen) atoms. The van der Waals surface area contributed by atoms with Gasteiger partial charge in [-0.15, -0.1) is 0 Å². The van der Waals surface area contributed by atoms with Crippen LogP contribution in [0.25, 0.3) is 0 Å². The van der Waals surface area contributed by atoms with Gasteiger partial charge in [0.25, 0.3) is 10.0 Å². The van der Waals surface area contributed by atoms with Crippen molar-refractivity contribution in [2.24, 2.45) is 0 Å². The van der Waals surface area contributed by atoms with Crippen LogP contribution < -0.4 is 14.3 Å². The number of carbonyl (C=O) groups is 1. The lowest BCUT2D eigenvalue weighted by molar-refractivity contribution is -0.116. The Morgan fingerprint density at radius 3 is 2.09 bits per heavy atom. The fourth-order valence-electron chi connectivity index (χ4n) is 2.97. The average molecular weight is 475 g/mol. The van der Waals surface area contributed by atoms with Gasteiger partial charge in [0, 0.05) is 11.9 Å². The molecule has 0 fully saturated rings. The highest BCUT2D eigenvalue weighted by atomic mass is 32.2. The van der Waals surface area contributed by atoms with Crippen LogP contribution in [-0.2, 0) is 24.8 Å². The topological polar surface area (TPSA) is 126 Å². The summed E-state index contributed by atoms with van der Waals surface area (Å²) >= 11 is 0. The van der Waals surface area contributed by atoms with E-state index in [4.69, 9.17) is 0 Å². The van der Waals surface area contributed by atoms with Crippen molar-refractivity contribution in [3.05, 3.63) is 79.0 Å². The van der Waals surface area contributed by atoms with Crippen molar-refractivity contribution in [1.29, 1.82) is 0 Å². The molecule has 9 nitrogen and oxygen atoms in total. The summed E-state index contributed by atoms with van der Waals surface area (Å²) in [5, 5.41) is 2.62. The van der Waals surface area contributed by atoms with Crippen molar-refractivity contribution in [3.63, 3.8) is 0 Å². The molecule has 1 aromatic heterocycles. The van der Waals surface area contributed by atoms with Crippen molar-refractivity contribution < 1.29 is 21.6 Å². The Hall–Kier alpha value is -3.44. The Bertz CT molecular complexity index is 1280.